The summed E-state index contributed by atoms with van der Waals surface area (Å²) in [5.41, 5.74) is 7.25. The van der Waals surface area contributed by atoms with Crippen LogP contribution in [0.2, 0.25) is 0 Å². The molecule has 0 saturated carbocycles. The van der Waals surface area contributed by atoms with Gasteiger partial charge in [-0.25, -0.2) is 26.3 Å². The molecule has 15 N–H and O–H groups in total. The smallest absolute Gasteiger partial charge is 0.171 e. The first-order chi connectivity index (χ1) is 59.3. The quantitative estimate of drug-likeness (QED) is 0.0250. The molecule has 0 unspecified atom stereocenters. The lowest BCUT2D eigenvalue weighted by Crippen LogP contribution is -2.37. The molecule has 0 bridgehead atoms. The highest BCUT2D eigenvalue weighted by Crippen LogP contribution is 2.45. The number of aliphatic hydroxyl groups excluding tert-OH is 12. The van der Waals surface area contributed by atoms with Crippen LogP contribution in [0.25, 0.3) is 0 Å². The molecule has 23 nitrogen and oxygen atoms in total. The van der Waals surface area contributed by atoms with E-state index in [0.29, 0.717) is 215 Å². The second-order valence-corrected chi connectivity index (χ2v) is 34.0. The molecule has 8 aromatic carbocycles. The Hall–Kier alpha value is -9.34. The molecule has 20 atom stereocenters. The van der Waals surface area contributed by atoms with Gasteiger partial charge < -0.3 is 114 Å². The lowest BCUT2D eigenvalue weighted by Gasteiger charge is -2.33. The van der Waals surface area contributed by atoms with Crippen molar-refractivity contribution in [3.8, 4) is 63.2 Å². The molecule has 0 aliphatic carbocycles. The zero-order chi connectivity index (χ0) is 88.5. The van der Waals surface area contributed by atoms with Crippen LogP contribution >= 0.6 is 0 Å². The zero-order valence-corrected chi connectivity index (χ0v) is 69.3. The van der Waals surface area contributed by atoms with Crippen LogP contribution in [0.5, 0.6) is 63.2 Å². The molecule has 0 radical (unpaired) electrons. The highest BCUT2D eigenvalue weighted by atomic mass is 19.1. The Morgan fingerprint density at radius 3 is 0.911 bits per heavy atom. The first-order valence-electron chi connectivity index (χ1n) is 42.9. The zero-order valence-electron chi connectivity index (χ0n) is 69.3. The molecule has 16 rings (SSSR count). The van der Waals surface area contributed by atoms with Gasteiger partial charge in [-0.3, -0.25) is 0 Å². The highest BCUT2D eigenvalue weighted by Gasteiger charge is 2.40. The standard InChI is InChI=1S/C24H28F2O5.2C24H29FO6.C23H26F2O6/c1-13-9-14-5-7-22(31-23(14)11-17(13)26)18(27)3-2-4-19(28)24-12-20(29)16-10-15(25)6-8-21(16)30-24;1-13-5-8-21-15(11-13)19(29)12-23(31-21)17(27)4-2-3-16(26)22-9-6-14-20(30-22)10-7-18(28)24(14)25;1-13-5-7-21-15(9-13)19(28)12-24(30-21)18(27)4-2-3-17(26)22-8-6-14-10-20(29)16(25)11-23(14)31-22;24-12-4-7-20-14(10-12)18(29)11-22(31-20)16(27)3-1-2-15(26)21-8-5-13-19(30-21)9-6-17(28)23(13)25/h6,8-11,18-20,22,24,27-29H,2-5,7,12H2,1H3;5,7-8,10-11,16-17,19,22-23,26-29H,2-4,6,9,12H2,1H3;5,7,9-11,17-19,22,24,26-29H,2-4,6,8,12H2,1H3;4,6-7,9-10,15-16,18,21-22,26-29H,1-3,5,8,11H2/t18-,19-,20-,22-,24+;16-,17-,19+,22+,23-;17-,18-,19+,22+,24-;15-,16-,18-,21-,22+/m0000/s1. The number of phenols is 3. The van der Waals surface area contributed by atoms with E-state index in [1.807, 2.05) is 50.2 Å². The van der Waals surface area contributed by atoms with Crippen molar-refractivity contribution in [3.63, 3.8) is 0 Å². The summed E-state index contributed by atoms with van der Waals surface area (Å²) in [5.74, 6) is -1.10. The van der Waals surface area contributed by atoms with Gasteiger partial charge in [-0.05, 0) is 263 Å². The topological polar surface area (TPSA) is 377 Å². The SMILES string of the molecule is Cc1cc2c(cc1F)O[C@H]([C@@H](O)CCC[C@H](O)[C@H]1C[C@H](O)c3cc(F)ccc3O1)CC2.Cc1ccc2c(c1)[C@H](O)C[C@@H]([C@@H](O)CCC[C@H](O)[C@H]1CCc3c(ccc(O)c3F)O1)O2.Cc1ccc2c(c1)[C@H](O)C[C@@H]([C@@H](O)CCC[C@H](O)[C@H]1CCc3cc(O)c(F)cc3O1)O2.Oc1ccc2c(c1F)CC[C@@H]([C@@H](O)CCC[C@H](O)[C@H]1C[C@H](O)c3cc(F)ccc3O1)O2. The third-order valence-corrected chi connectivity index (χ3v) is 24.8. The van der Waals surface area contributed by atoms with Crippen molar-refractivity contribution in [1.82, 2.24) is 0 Å². The summed E-state index contributed by atoms with van der Waals surface area (Å²) < 4.78 is 128. The molecule has 672 valence electrons. The molecule has 29 heteroatoms. The lowest BCUT2D eigenvalue weighted by atomic mass is 9.92. The summed E-state index contributed by atoms with van der Waals surface area (Å²) in [5, 5.41) is 154. The Kier molecular flexibility index (Phi) is 30.8. The largest absolute Gasteiger partial charge is 0.505 e. The fourth-order valence-corrected chi connectivity index (χ4v) is 17.6. The van der Waals surface area contributed by atoms with Gasteiger partial charge >= 0.3 is 0 Å². The van der Waals surface area contributed by atoms with Crippen LogP contribution in [0.1, 0.15) is 214 Å². The van der Waals surface area contributed by atoms with Gasteiger partial charge in [0.2, 0.25) is 0 Å². The molecular weight excluding hydrogens is 1620 g/mol. The molecule has 0 spiro atoms. The predicted molar refractivity (Wildman–Crippen MR) is 441 cm³/mol. The molecule has 124 heavy (non-hydrogen) atoms. The van der Waals surface area contributed by atoms with Crippen molar-refractivity contribution < 1.29 is 141 Å². The van der Waals surface area contributed by atoms with Gasteiger partial charge in [0.25, 0.3) is 0 Å². The maximum Gasteiger partial charge on any atom is 0.171 e. The fraction of sp³-hybridized carbons (Fsp3) is 0.495. The van der Waals surface area contributed by atoms with Crippen LogP contribution in [0.15, 0.2) is 121 Å². The Bertz CT molecular complexity index is 4470. The second kappa shape index (κ2) is 41.4. The van der Waals surface area contributed by atoms with Crippen molar-refractivity contribution in [2.24, 2.45) is 0 Å². The van der Waals surface area contributed by atoms with Gasteiger partial charge in [0, 0.05) is 71.2 Å². The minimum Gasteiger partial charge on any atom is -0.505 e. The summed E-state index contributed by atoms with van der Waals surface area (Å²) in [4.78, 5) is 0. The van der Waals surface area contributed by atoms with Crippen molar-refractivity contribution in [1.29, 1.82) is 0 Å². The van der Waals surface area contributed by atoms with E-state index in [2.05, 4.69) is 0 Å². The summed E-state index contributed by atoms with van der Waals surface area (Å²) in [7, 11) is 0. The lowest BCUT2D eigenvalue weighted by molar-refractivity contribution is -0.0231. The number of halogens is 6. The Morgan fingerprint density at radius 1 is 0.290 bits per heavy atom. The second-order valence-electron chi connectivity index (χ2n) is 34.0. The van der Waals surface area contributed by atoms with Crippen molar-refractivity contribution in [2.45, 2.75) is 297 Å². The molecule has 8 aliphatic rings. The van der Waals surface area contributed by atoms with Gasteiger partial charge in [-0.2, -0.15) is 0 Å². The number of hydrogen-bond acceptors (Lipinski definition) is 23. The third-order valence-electron chi connectivity index (χ3n) is 24.8. The Balaban J connectivity index is 0.000000142. The van der Waals surface area contributed by atoms with Crippen molar-refractivity contribution in [3.05, 3.63) is 217 Å². The number of ether oxygens (including phenoxy) is 8. The van der Waals surface area contributed by atoms with Gasteiger partial charge in [0.05, 0.1) is 73.2 Å². The fourth-order valence-electron chi connectivity index (χ4n) is 17.6. The van der Waals surface area contributed by atoms with E-state index in [-0.39, 0.29) is 18.7 Å². The van der Waals surface area contributed by atoms with Gasteiger partial charge in [0.15, 0.2) is 34.7 Å². The van der Waals surface area contributed by atoms with E-state index >= 15 is 0 Å². The molecule has 0 saturated heterocycles. The normalized spacial score (nSPS) is 24.4. The minimum absolute atomic E-state index is 0.154. The minimum atomic E-state index is -0.916. The molecule has 8 aliphatic heterocycles. The summed E-state index contributed by atoms with van der Waals surface area (Å²) in [6, 6.07) is 30.3. The van der Waals surface area contributed by atoms with Crippen LogP contribution < -0.4 is 37.9 Å². The van der Waals surface area contributed by atoms with Gasteiger partial charge in [0.1, 0.15) is 112 Å². The van der Waals surface area contributed by atoms with E-state index in [1.54, 1.807) is 13.0 Å². The summed E-state index contributed by atoms with van der Waals surface area (Å²) >= 11 is 0. The number of aryl methyl sites for hydroxylation is 5. The number of benzene rings is 8. The van der Waals surface area contributed by atoms with Crippen molar-refractivity contribution >= 4 is 0 Å². The number of hydrogen-bond donors (Lipinski definition) is 15. The van der Waals surface area contributed by atoms with Crippen LogP contribution in [0, 0.1) is 55.7 Å². The molecule has 0 aromatic heterocycles. The monoisotopic (exact) mass is 1730 g/mol. The number of rotatable bonds is 24. The van der Waals surface area contributed by atoms with Crippen LogP contribution in [0.4, 0.5) is 26.3 Å². The number of aliphatic hydroxyl groups is 12. The molecule has 8 heterocycles. The van der Waals surface area contributed by atoms with E-state index in [4.69, 9.17) is 37.9 Å². The number of phenolic OH excluding ortho intramolecular Hbond substituents is 3. The molecule has 0 fully saturated rings. The predicted octanol–water partition coefficient (Wildman–Crippen LogP) is 13.5. The van der Waals surface area contributed by atoms with Crippen LogP contribution in [-0.2, 0) is 25.7 Å². The number of aromatic hydroxyl groups is 3. The highest BCUT2D eigenvalue weighted by molar-refractivity contribution is 5.47. The molecular formula is C95H112F6O23. The van der Waals surface area contributed by atoms with Crippen LogP contribution in [0.3, 0.4) is 0 Å². The van der Waals surface area contributed by atoms with Crippen molar-refractivity contribution in [2.75, 3.05) is 0 Å². The Morgan fingerprint density at radius 2 is 0.565 bits per heavy atom. The maximum absolute atomic E-state index is 14.0. The molecule has 0 amide bonds. The summed E-state index contributed by atoms with van der Waals surface area (Å²) in [6.45, 7) is 5.62. The van der Waals surface area contributed by atoms with Crippen LogP contribution in [-0.4, -0.2) is 174 Å². The maximum atomic E-state index is 14.0. The average Bonchev–Trinajstić information content (AvgIpc) is 0.855. The Labute approximate surface area is 715 Å². The van der Waals surface area contributed by atoms with E-state index in [0.717, 1.165) is 39.4 Å². The van der Waals surface area contributed by atoms with Gasteiger partial charge in [-0.15, -0.1) is 0 Å². The average molecular weight is 1740 g/mol. The number of fused-ring (bicyclic) bond motifs is 8. The van der Waals surface area contributed by atoms with E-state index in [1.165, 1.54) is 72.8 Å². The van der Waals surface area contributed by atoms with Gasteiger partial charge in [-0.1, -0.05) is 23.3 Å². The third kappa shape index (κ3) is 22.7. The summed E-state index contributed by atoms with van der Waals surface area (Å²) in [6.07, 6.45) is -3.08. The molecule has 8 aromatic rings. The van der Waals surface area contributed by atoms with E-state index < -0.39 is 168 Å². The first-order valence-corrected chi connectivity index (χ1v) is 42.9. The van der Waals surface area contributed by atoms with E-state index in [9.17, 15) is 103 Å². The first kappa shape index (κ1) is 92.3.